The van der Waals surface area contributed by atoms with E-state index in [9.17, 15) is 19.2 Å². The molecule has 0 aromatic heterocycles. The van der Waals surface area contributed by atoms with Crippen LogP contribution in [0, 0.1) is 0 Å². The minimum Gasteiger partial charge on any atom is -0.445 e. The molecular formula is C36H50N10O8. The minimum atomic E-state index is -0.610. The molecule has 0 unspecified atom stereocenters. The van der Waals surface area contributed by atoms with Crippen LogP contribution in [0.3, 0.4) is 0 Å². The third-order valence-electron chi connectivity index (χ3n) is 7.90. The summed E-state index contributed by atoms with van der Waals surface area (Å²) in [5.41, 5.74) is 18.2. The van der Waals surface area contributed by atoms with E-state index in [0.29, 0.717) is 25.9 Å². The quantitative estimate of drug-likeness (QED) is 0.121. The van der Waals surface area contributed by atoms with Crippen LogP contribution in [-0.4, -0.2) is 95.7 Å². The zero-order valence-electron chi connectivity index (χ0n) is 31.6. The van der Waals surface area contributed by atoms with Crippen LogP contribution in [0.1, 0.15) is 65.5 Å². The lowest BCUT2D eigenvalue weighted by molar-refractivity contribution is 0.0167. The Bertz CT molecular complexity index is 1520. The van der Waals surface area contributed by atoms with Gasteiger partial charge in [-0.15, -0.1) is 0 Å². The van der Waals surface area contributed by atoms with Gasteiger partial charge in [0.15, 0.2) is 0 Å². The van der Waals surface area contributed by atoms with Crippen LogP contribution in [0.5, 0.6) is 0 Å². The van der Waals surface area contributed by atoms with Crippen molar-refractivity contribution in [2.75, 3.05) is 26.2 Å². The van der Waals surface area contributed by atoms with Gasteiger partial charge in [0.05, 0.1) is 12.1 Å². The molecule has 2 aliphatic rings. The highest BCUT2D eigenvalue weighted by molar-refractivity contribution is 5.70. The highest BCUT2D eigenvalue weighted by atomic mass is 16.6. The first-order valence-electron chi connectivity index (χ1n) is 17.6. The number of azide groups is 2. The summed E-state index contributed by atoms with van der Waals surface area (Å²) in [6, 6.07) is 16.6. The summed E-state index contributed by atoms with van der Waals surface area (Å²) in [4.78, 5) is 57.2. The number of piperidine rings is 2. The number of nitrogens with zero attached hydrogens (tertiary/aromatic N) is 8. The number of carbonyl (C=O) groups is 4. The first-order valence-corrected chi connectivity index (χ1v) is 17.6. The number of hydrogen-bond donors (Lipinski definition) is 2. The minimum absolute atomic E-state index is 0.148. The van der Waals surface area contributed by atoms with Crippen LogP contribution in [0.2, 0.25) is 0 Å². The van der Waals surface area contributed by atoms with Crippen molar-refractivity contribution in [2.24, 2.45) is 10.2 Å². The second-order valence-electron chi connectivity index (χ2n) is 14.6. The average molecular weight is 751 g/mol. The summed E-state index contributed by atoms with van der Waals surface area (Å²) in [6.45, 7) is 12.1. The molecule has 2 heterocycles. The number of alkyl carbamates (subject to hydrolysis) is 2. The molecule has 2 saturated heterocycles. The summed E-state index contributed by atoms with van der Waals surface area (Å²) >= 11 is 0. The molecule has 2 fully saturated rings. The second-order valence-corrected chi connectivity index (χ2v) is 14.6. The van der Waals surface area contributed by atoms with Gasteiger partial charge in [0.25, 0.3) is 0 Å². The molecule has 0 aliphatic carbocycles. The summed E-state index contributed by atoms with van der Waals surface area (Å²) < 4.78 is 21.1. The normalized spacial score (nSPS) is 19.6. The van der Waals surface area contributed by atoms with Crippen molar-refractivity contribution in [2.45, 2.75) is 103 Å². The molecule has 4 rings (SSSR count). The fourth-order valence-corrected chi connectivity index (χ4v) is 5.38. The van der Waals surface area contributed by atoms with E-state index >= 15 is 0 Å². The van der Waals surface area contributed by atoms with Gasteiger partial charge in [-0.05, 0) is 76.6 Å². The summed E-state index contributed by atoms with van der Waals surface area (Å²) in [5.74, 6) is 0. The maximum absolute atomic E-state index is 12.2. The maximum atomic E-state index is 12.2. The van der Waals surface area contributed by atoms with Crippen LogP contribution in [0.25, 0.3) is 20.9 Å². The van der Waals surface area contributed by atoms with Crippen molar-refractivity contribution >= 4 is 24.4 Å². The smallest absolute Gasteiger partial charge is 0.410 e. The fraction of sp³-hybridized carbons (Fsp3) is 0.556. The molecule has 4 atom stereocenters. The van der Waals surface area contributed by atoms with E-state index in [0.717, 1.165) is 11.1 Å². The fourth-order valence-electron chi connectivity index (χ4n) is 5.38. The van der Waals surface area contributed by atoms with Crippen molar-refractivity contribution in [3.05, 3.63) is 92.7 Å². The number of amides is 4. The van der Waals surface area contributed by atoms with E-state index in [2.05, 4.69) is 30.7 Å². The number of ether oxygens (including phenoxy) is 4. The predicted octanol–water partition coefficient (Wildman–Crippen LogP) is 7.20. The number of benzene rings is 2. The highest BCUT2D eigenvalue weighted by Crippen LogP contribution is 2.20. The third-order valence-corrected chi connectivity index (χ3v) is 7.90. The largest absolute Gasteiger partial charge is 0.445 e. The van der Waals surface area contributed by atoms with Gasteiger partial charge < -0.3 is 39.4 Å². The summed E-state index contributed by atoms with van der Waals surface area (Å²) in [5, 5.41) is 12.9. The molecule has 18 heteroatoms. The molecule has 2 aliphatic heterocycles. The molecule has 2 aromatic rings. The third kappa shape index (κ3) is 15.4. The van der Waals surface area contributed by atoms with Crippen LogP contribution in [0.15, 0.2) is 70.9 Å². The van der Waals surface area contributed by atoms with E-state index in [4.69, 9.17) is 30.0 Å². The van der Waals surface area contributed by atoms with Crippen LogP contribution >= 0.6 is 0 Å². The summed E-state index contributed by atoms with van der Waals surface area (Å²) in [6.07, 6.45) is -1.25. The molecule has 54 heavy (non-hydrogen) atoms. The Hall–Kier alpha value is -5.86. The SMILES string of the molecule is CC(C)(C)OC(=O)N1CC[C@@H](NC(=O)OCc2ccccc2)[C@@H](N=[N+]=[N-])C1.CC(C)(C)OC(=O)N1CC[C@@H](NC(=O)OCc2ccccc2)[C@H](N=[N+]=[N-])C1. The lowest BCUT2D eigenvalue weighted by Gasteiger charge is -2.37. The number of likely N-dealkylation sites (tertiary alicyclic amines) is 2. The molecule has 4 amide bonds. The van der Waals surface area contributed by atoms with Crippen molar-refractivity contribution in [1.82, 2.24) is 20.4 Å². The topological polar surface area (TPSA) is 233 Å². The number of hydrogen-bond acceptors (Lipinski definition) is 10. The number of rotatable bonds is 8. The second kappa shape index (κ2) is 20.4. The van der Waals surface area contributed by atoms with Crippen molar-refractivity contribution < 1.29 is 38.1 Å². The summed E-state index contributed by atoms with van der Waals surface area (Å²) in [7, 11) is 0. The Labute approximate surface area is 314 Å². The van der Waals surface area contributed by atoms with E-state index in [1.165, 1.54) is 9.80 Å². The van der Waals surface area contributed by atoms with Crippen LogP contribution < -0.4 is 10.6 Å². The van der Waals surface area contributed by atoms with Crippen molar-refractivity contribution in [3.8, 4) is 0 Å². The molecule has 18 nitrogen and oxygen atoms in total. The molecule has 292 valence electrons. The zero-order chi connectivity index (χ0) is 39.7. The van der Waals surface area contributed by atoms with E-state index in [1.807, 2.05) is 60.7 Å². The Morgan fingerprint density at radius 1 is 0.667 bits per heavy atom. The standard InChI is InChI=1S/2C18H25N5O4/c2*1-18(2,3)27-17(25)23-10-9-14(15(11-23)21-22-19)20-16(24)26-12-13-7-5-4-6-8-13/h2*4-8,14-15H,9-12H2,1-3H3,(H,20,24)/t14-,15+;14-,15-/m11/s1. The first-order chi connectivity index (χ1) is 25.6. The van der Waals surface area contributed by atoms with Crippen LogP contribution in [-0.2, 0) is 32.2 Å². The van der Waals surface area contributed by atoms with Crippen molar-refractivity contribution in [3.63, 3.8) is 0 Å². The highest BCUT2D eigenvalue weighted by Gasteiger charge is 2.35. The predicted molar refractivity (Wildman–Crippen MR) is 198 cm³/mol. The maximum Gasteiger partial charge on any atom is 0.410 e. The van der Waals surface area contributed by atoms with E-state index in [-0.39, 0.29) is 26.3 Å². The lowest BCUT2D eigenvalue weighted by atomic mass is 10.0. The number of carbonyl (C=O) groups excluding carboxylic acids is 4. The molecule has 0 bridgehead atoms. The van der Waals surface area contributed by atoms with E-state index < -0.39 is 59.7 Å². The van der Waals surface area contributed by atoms with Gasteiger partial charge in [-0.3, -0.25) is 0 Å². The van der Waals surface area contributed by atoms with Gasteiger partial charge in [-0.25, -0.2) is 19.2 Å². The Balaban J connectivity index is 0.000000290. The van der Waals surface area contributed by atoms with Gasteiger partial charge in [-0.1, -0.05) is 70.9 Å². The first kappa shape index (κ1) is 42.6. The lowest BCUT2D eigenvalue weighted by Crippen LogP contribution is -2.55. The van der Waals surface area contributed by atoms with Crippen molar-refractivity contribution in [1.29, 1.82) is 0 Å². The Morgan fingerprint density at radius 2 is 1.02 bits per heavy atom. The van der Waals surface area contributed by atoms with Gasteiger partial charge >= 0.3 is 24.4 Å². The molecule has 2 aromatic carbocycles. The average Bonchev–Trinajstić information content (AvgIpc) is 3.11. The van der Waals surface area contributed by atoms with Gasteiger partial charge in [-0.2, -0.15) is 0 Å². The van der Waals surface area contributed by atoms with E-state index in [1.54, 1.807) is 41.5 Å². The molecule has 0 saturated carbocycles. The Kier molecular flexibility index (Phi) is 16.1. The molecular weight excluding hydrogens is 700 g/mol. The zero-order valence-corrected chi connectivity index (χ0v) is 31.6. The molecule has 2 N–H and O–H groups in total. The number of nitrogens with one attached hydrogen (secondary N) is 2. The molecule has 0 radical (unpaired) electrons. The Morgan fingerprint density at radius 3 is 1.33 bits per heavy atom. The van der Waals surface area contributed by atoms with Gasteiger partial charge in [0.1, 0.15) is 24.4 Å². The van der Waals surface area contributed by atoms with Gasteiger partial charge in [0, 0.05) is 48.1 Å². The molecule has 0 spiro atoms. The monoisotopic (exact) mass is 750 g/mol. The van der Waals surface area contributed by atoms with Crippen LogP contribution in [0.4, 0.5) is 19.2 Å². The van der Waals surface area contributed by atoms with Gasteiger partial charge in [0.2, 0.25) is 0 Å².